The molecule has 1 aromatic heterocycles. The van der Waals surface area contributed by atoms with Crippen molar-refractivity contribution in [2.45, 2.75) is 25.7 Å². The topological polar surface area (TPSA) is 62.3 Å². The molecule has 0 bridgehead atoms. The minimum Gasteiger partial charge on any atom is -0.339 e. The molecule has 0 saturated heterocycles. The van der Waals surface area contributed by atoms with E-state index in [1.54, 1.807) is 29.3 Å². The van der Waals surface area contributed by atoms with E-state index in [2.05, 4.69) is 10.3 Å². The Morgan fingerprint density at radius 1 is 1.17 bits per heavy atom. The summed E-state index contributed by atoms with van der Waals surface area (Å²) in [4.78, 5) is 30.2. The predicted octanol–water partition coefficient (Wildman–Crippen LogP) is 4.48. The van der Waals surface area contributed by atoms with E-state index in [1.165, 1.54) is 12.1 Å². The highest BCUT2D eigenvalue weighted by Crippen LogP contribution is 2.26. The molecule has 0 saturated carbocycles. The van der Waals surface area contributed by atoms with Crippen LogP contribution in [-0.2, 0) is 16.0 Å². The van der Waals surface area contributed by atoms with Gasteiger partial charge < -0.3 is 10.2 Å². The van der Waals surface area contributed by atoms with E-state index in [0.717, 1.165) is 22.3 Å². The summed E-state index contributed by atoms with van der Waals surface area (Å²) in [6.45, 7) is 1.15. The lowest BCUT2D eigenvalue weighted by Gasteiger charge is -2.19. The third-order valence-electron chi connectivity index (χ3n) is 5.27. The van der Waals surface area contributed by atoms with Crippen LogP contribution in [0.15, 0.2) is 42.6 Å². The molecule has 30 heavy (non-hydrogen) atoms. The van der Waals surface area contributed by atoms with Gasteiger partial charge in [-0.15, -0.1) is 0 Å². The van der Waals surface area contributed by atoms with Crippen molar-refractivity contribution < 1.29 is 14.0 Å². The Labute approximate surface area is 179 Å². The van der Waals surface area contributed by atoms with E-state index in [0.29, 0.717) is 49.6 Å². The zero-order chi connectivity index (χ0) is 21.1. The lowest BCUT2D eigenvalue weighted by Crippen LogP contribution is -2.30. The highest BCUT2D eigenvalue weighted by atomic mass is 35.5. The van der Waals surface area contributed by atoms with Crippen molar-refractivity contribution >= 4 is 40.9 Å². The number of benzene rings is 1. The van der Waals surface area contributed by atoms with Crippen LogP contribution in [0.3, 0.4) is 0 Å². The van der Waals surface area contributed by atoms with Gasteiger partial charge in [-0.25, -0.2) is 9.37 Å². The van der Waals surface area contributed by atoms with Gasteiger partial charge in [0.25, 0.3) is 0 Å². The Bertz CT molecular complexity index is 1040. The van der Waals surface area contributed by atoms with Crippen LogP contribution >= 0.6 is 11.6 Å². The van der Waals surface area contributed by atoms with E-state index < -0.39 is 0 Å². The van der Waals surface area contributed by atoms with Crippen LogP contribution in [0.4, 0.5) is 10.2 Å². The molecule has 1 aromatic carbocycles. The SMILES string of the molecule is O=C1CCc2cc(/C=C/C(=O)N3CCC=C(c4cc(F)cc(Cl)c4)CC3)cnc2N1. The number of aryl methyl sites for hydroxylation is 1. The van der Waals surface area contributed by atoms with Crippen LogP contribution in [0.25, 0.3) is 11.6 Å². The molecular weight excluding hydrogens is 405 g/mol. The van der Waals surface area contributed by atoms with E-state index in [9.17, 15) is 14.0 Å². The molecule has 0 unspecified atom stereocenters. The third-order valence-corrected chi connectivity index (χ3v) is 5.49. The summed E-state index contributed by atoms with van der Waals surface area (Å²) in [6, 6.07) is 6.45. The van der Waals surface area contributed by atoms with Gasteiger partial charge in [-0.1, -0.05) is 17.7 Å². The van der Waals surface area contributed by atoms with Crippen LogP contribution in [0.5, 0.6) is 0 Å². The van der Waals surface area contributed by atoms with Crippen LogP contribution in [0, 0.1) is 5.82 Å². The Morgan fingerprint density at radius 3 is 2.87 bits per heavy atom. The number of aromatic nitrogens is 1. The number of anilines is 1. The number of hydrogen-bond acceptors (Lipinski definition) is 3. The van der Waals surface area contributed by atoms with Crippen LogP contribution < -0.4 is 5.32 Å². The Balaban J connectivity index is 1.40. The summed E-state index contributed by atoms with van der Waals surface area (Å²) in [5.41, 5.74) is 3.55. The molecule has 0 aliphatic carbocycles. The first kappa shape index (κ1) is 20.3. The second-order valence-electron chi connectivity index (χ2n) is 7.41. The molecule has 2 aliphatic heterocycles. The number of hydrogen-bond donors (Lipinski definition) is 1. The molecule has 2 aromatic rings. The van der Waals surface area contributed by atoms with Gasteiger partial charge in [0.2, 0.25) is 11.8 Å². The van der Waals surface area contributed by atoms with E-state index >= 15 is 0 Å². The second-order valence-corrected chi connectivity index (χ2v) is 7.85. The molecule has 0 atom stereocenters. The van der Waals surface area contributed by atoms with Gasteiger partial charge in [0.05, 0.1) is 0 Å². The molecular formula is C23H21ClFN3O2. The number of amides is 2. The molecule has 2 aliphatic rings. The standard InChI is InChI=1S/C23H21ClFN3O2/c24-19-11-18(12-20(25)13-19)16-2-1-8-28(9-7-16)22(30)6-3-15-10-17-4-5-21(29)27-23(17)26-14-15/h2-3,6,10-14H,1,4-5,7-9H2,(H,26,27,29)/b6-3+. The lowest BCUT2D eigenvalue weighted by atomic mass is 10.0. The first-order valence-electron chi connectivity index (χ1n) is 9.89. The number of rotatable bonds is 3. The largest absolute Gasteiger partial charge is 0.339 e. The van der Waals surface area contributed by atoms with E-state index in [1.807, 2.05) is 12.1 Å². The lowest BCUT2D eigenvalue weighted by molar-refractivity contribution is -0.125. The molecule has 0 fully saturated rings. The summed E-state index contributed by atoms with van der Waals surface area (Å²) in [5, 5.41) is 3.11. The minimum atomic E-state index is -0.364. The first-order chi connectivity index (χ1) is 14.5. The average molecular weight is 426 g/mol. The quantitative estimate of drug-likeness (QED) is 0.737. The van der Waals surface area contributed by atoms with Crippen molar-refractivity contribution in [2.75, 3.05) is 18.4 Å². The Hall–Kier alpha value is -2.99. The summed E-state index contributed by atoms with van der Waals surface area (Å²) >= 11 is 5.97. The summed E-state index contributed by atoms with van der Waals surface area (Å²) in [7, 11) is 0. The number of nitrogens with zero attached hydrogens (tertiary/aromatic N) is 2. The Kier molecular flexibility index (Phi) is 5.95. The van der Waals surface area contributed by atoms with Crippen LogP contribution in [0.1, 0.15) is 36.0 Å². The predicted molar refractivity (Wildman–Crippen MR) is 115 cm³/mol. The number of halogens is 2. The number of carbonyl (C=O) groups is 2. The van der Waals surface area contributed by atoms with Gasteiger partial charge in [-0.2, -0.15) is 0 Å². The average Bonchev–Trinajstić information content (AvgIpc) is 2.97. The van der Waals surface area contributed by atoms with E-state index in [4.69, 9.17) is 11.6 Å². The summed E-state index contributed by atoms with van der Waals surface area (Å²) in [5.74, 6) is 0.131. The highest BCUT2D eigenvalue weighted by Gasteiger charge is 2.17. The number of pyridine rings is 1. The second kappa shape index (κ2) is 8.79. The van der Waals surface area contributed by atoms with Crippen molar-refractivity contribution in [1.29, 1.82) is 0 Å². The molecule has 1 N–H and O–H groups in total. The maximum atomic E-state index is 13.7. The fraction of sp³-hybridized carbons (Fsp3) is 0.261. The first-order valence-corrected chi connectivity index (χ1v) is 10.3. The normalized spacial score (nSPS) is 16.7. The molecule has 7 heteroatoms. The number of fused-ring (bicyclic) bond motifs is 1. The smallest absolute Gasteiger partial charge is 0.246 e. The van der Waals surface area contributed by atoms with Gasteiger partial charge in [-0.3, -0.25) is 9.59 Å². The van der Waals surface area contributed by atoms with Crippen molar-refractivity contribution in [3.8, 4) is 0 Å². The highest BCUT2D eigenvalue weighted by molar-refractivity contribution is 6.30. The fourth-order valence-corrected chi connectivity index (χ4v) is 3.95. The zero-order valence-corrected chi connectivity index (χ0v) is 17.1. The molecule has 3 heterocycles. The van der Waals surface area contributed by atoms with Gasteiger partial charge in [0.1, 0.15) is 11.6 Å². The molecule has 5 nitrogen and oxygen atoms in total. The monoisotopic (exact) mass is 425 g/mol. The number of carbonyl (C=O) groups excluding carboxylic acids is 2. The summed E-state index contributed by atoms with van der Waals surface area (Å²) in [6.07, 6.45) is 9.41. The van der Waals surface area contributed by atoms with Gasteiger partial charge in [0, 0.05) is 36.8 Å². The maximum absolute atomic E-state index is 13.7. The van der Waals surface area contributed by atoms with Crippen molar-refractivity contribution in [1.82, 2.24) is 9.88 Å². The van der Waals surface area contributed by atoms with Crippen LogP contribution in [-0.4, -0.2) is 34.8 Å². The van der Waals surface area contributed by atoms with Gasteiger partial charge >= 0.3 is 0 Å². The van der Waals surface area contributed by atoms with Crippen molar-refractivity contribution in [3.05, 3.63) is 70.1 Å². The van der Waals surface area contributed by atoms with Gasteiger partial charge in [-0.05, 0) is 71.9 Å². The minimum absolute atomic E-state index is 0.0249. The van der Waals surface area contributed by atoms with Crippen molar-refractivity contribution in [3.63, 3.8) is 0 Å². The Morgan fingerprint density at radius 2 is 2.03 bits per heavy atom. The molecule has 2 amide bonds. The maximum Gasteiger partial charge on any atom is 0.246 e. The fourth-order valence-electron chi connectivity index (χ4n) is 3.72. The van der Waals surface area contributed by atoms with Crippen LogP contribution in [0.2, 0.25) is 5.02 Å². The molecule has 4 rings (SSSR count). The van der Waals surface area contributed by atoms with Crippen molar-refractivity contribution in [2.24, 2.45) is 0 Å². The molecule has 154 valence electrons. The van der Waals surface area contributed by atoms with Gasteiger partial charge in [0.15, 0.2) is 0 Å². The molecule has 0 spiro atoms. The summed E-state index contributed by atoms with van der Waals surface area (Å²) < 4.78 is 13.7. The molecule has 0 radical (unpaired) electrons. The third kappa shape index (κ3) is 4.76. The van der Waals surface area contributed by atoms with E-state index in [-0.39, 0.29) is 17.6 Å². The zero-order valence-electron chi connectivity index (χ0n) is 16.3. The number of nitrogens with one attached hydrogen (secondary N) is 1.